The highest BCUT2D eigenvalue weighted by molar-refractivity contribution is 5.10. The monoisotopic (exact) mass is 358 g/mol. The molecule has 0 aromatic carbocycles. The van der Waals surface area contributed by atoms with Gasteiger partial charge in [-0.05, 0) is 50.9 Å². The van der Waals surface area contributed by atoms with Crippen molar-refractivity contribution in [3.8, 4) is 0 Å². The molecular formula is C20H30N4O2. The van der Waals surface area contributed by atoms with Gasteiger partial charge in [-0.2, -0.15) is 5.10 Å². The van der Waals surface area contributed by atoms with Crippen LogP contribution >= 0.6 is 0 Å². The molecule has 2 aromatic rings. The predicted octanol–water partition coefficient (Wildman–Crippen LogP) is 2.43. The quantitative estimate of drug-likeness (QED) is 0.794. The van der Waals surface area contributed by atoms with E-state index in [1.54, 1.807) is 6.26 Å². The number of hydrogen-bond donors (Lipinski definition) is 0. The molecule has 2 saturated heterocycles. The van der Waals surface area contributed by atoms with Crippen molar-refractivity contribution in [3.63, 3.8) is 0 Å². The van der Waals surface area contributed by atoms with Crippen LogP contribution in [0.1, 0.15) is 30.0 Å². The summed E-state index contributed by atoms with van der Waals surface area (Å²) in [5, 5.41) is 4.44. The number of likely N-dealkylation sites (tertiary alicyclic amines) is 1. The first-order valence-electron chi connectivity index (χ1n) is 9.58. The molecule has 6 heteroatoms. The number of furan rings is 1. The summed E-state index contributed by atoms with van der Waals surface area (Å²) in [7, 11) is 4.19. The average molecular weight is 358 g/mol. The topological polar surface area (TPSA) is 46.7 Å². The molecule has 0 N–H and O–H groups in total. The van der Waals surface area contributed by atoms with Gasteiger partial charge >= 0.3 is 0 Å². The Hall–Kier alpha value is -1.63. The Labute approximate surface area is 155 Å². The fourth-order valence-corrected chi connectivity index (χ4v) is 4.41. The molecule has 0 unspecified atom stereocenters. The third-order valence-electron chi connectivity index (χ3n) is 5.72. The van der Waals surface area contributed by atoms with Crippen LogP contribution in [0.25, 0.3) is 0 Å². The third kappa shape index (κ3) is 3.87. The molecule has 2 fully saturated rings. The van der Waals surface area contributed by atoms with E-state index in [1.165, 1.54) is 18.5 Å². The molecule has 2 aliphatic heterocycles. The van der Waals surface area contributed by atoms with Gasteiger partial charge < -0.3 is 9.15 Å². The summed E-state index contributed by atoms with van der Waals surface area (Å²) in [6.07, 6.45) is 4.17. The van der Waals surface area contributed by atoms with Crippen molar-refractivity contribution in [2.75, 3.05) is 33.3 Å². The Morgan fingerprint density at radius 2 is 2.23 bits per heavy atom. The van der Waals surface area contributed by atoms with E-state index < -0.39 is 0 Å². The van der Waals surface area contributed by atoms with Gasteiger partial charge in [0.1, 0.15) is 5.76 Å². The van der Waals surface area contributed by atoms with Crippen LogP contribution in [-0.4, -0.2) is 58.5 Å². The Bertz CT molecular complexity index is 708. The van der Waals surface area contributed by atoms with Crippen LogP contribution < -0.4 is 0 Å². The van der Waals surface area contributed by atoms with E-state index >= 15 is 0 Å². The highest BCUT2D eigenvalue weighted by Gasteiger charge is 2.46. The molecule has 26 heavy (non-hydrogen) atoms. The lowest BCUT2D eigenvalue weighted by Gasteiger charge is -2.53. The maximum atomic E-state index is 6.34. The predicted molar refractivity (Wildman–Crippen MR) is 99.7 cm³/mol. The van der Waals surface area contributed by atoms with Crippen LogP contribution in [0.2, 0.25) is 0 Å². The molecule has 142 valence electrons. The lowest BCUT2D eigenvalue weighted by Crippen LogP contribution is -2.64. The fraction of sp³-hybridized carbons (Fsp3) is 0.650. The SMILES string of the molecule is Cc1cc(CN2CC3(CC[C@H](CN(C)Cc4ccco4)CO3)C2)n(C)n1. The standard InChI is InChI=1S/C20H30N4O2/c1-16-9-18(23(3)21-16)11-24-14-20(15-24)7-6-17(13-26-20)10-22(2)12-19-5-4-8-25-19/h4-5,8-9,17H,6-7,10-15H2,1-3H3/t17-/m1/s1. The summed E-state index contributed by atoms with van der Waals surface area (Å²) < 4.78 is 13.8. The molecule has 2 aliphatic rings. The van der Waals surface area contributed by atoms with Crippen LogP contribution in [0.15, 0.2) is 28.9 Å². The molecule has 4 heterocycles. The van der Waals surface area contributed by atoms with Gasteiger partial charge in [0.15, 0.2) is 0 Å². The summed E-state index contributed by atoms with van der Waals surface area (Å²) in [6.45, 7) is 7.92. The van der Waals surface area contributed by atoms with E-state index in [2.05, 4.69) is 28.0 Å². The molecular weight excluding hydrogens is 328 g/mol. The van der Waals surface area contributed by atoms with Crippen molar-refractivity contribution in [1.29, 1.82) is 0 Å². The molecule has 6 nitrogen and oxygen atoms in total. The number of ether oxygens (including phenoxy) is 1. The van der Waals surface area contributed by atoms with Gasteiger partial charge in [-0.25, -0.2) is 0 Å². The Kier molecular flexibility index (Phi) is 4.90. The number of rotatable bonds is 6. The van der Waals surface area contributed by atoms with Crippen molar-refractivity contribution >= 4 is 0 Å². The van der Waals surface area contributed by atoms with Crippen molar-refractivity contribution in [3.05, 3.63) is 41.6 Å². The maximum absolute atomic E-state index is 6.34. The maximum Gasteiger partial charge on any atom is 0.117 e. The zero-order valence-corrected chi connectivity index (χ0v) is 16.1. The second-order valence-corrected chi connectivity index (χ2v) is 8.22. The molecule has 0 saturated carbocycles. The lowest BCUT2D eigenvalue weighted by molar-refractivity contribution is -0.183. The zero-order valence-electron chi connectivity index (χ0n) is 16.1. The molecule has 0 bridgehead atoms. The second kappa shape index (κ2) is 7.18. The van der Waals surface area contributed by atoms with Crippen molar-refractivity contribution < 1.29 is 9.15 Å². The minimum atomic E-state index is 0.101. The summed E-state index contributed by atoms with van der Waals surface area (Å²) in [5.74, 6) is 1.65. The molecule has 2 aromatic heterocycles. The molecule has 0 aliphatic carbocycles. The zero-order chi connectivity index (χ0) is 18.1. The van der Waals surface area contributed by atoms with Crippen molar-refractivity contribution in [2.24, 2.45) is 13.0 Å². The normalized spacial score (nSPS) is 22.8. The Morgan fingerprint density at radius 3 is 2.85 bits per heavy atom. The lowest BCUT2D eigenvalue weighted by atomic mass is 9.82. The summed E-state index contributed by atoms with van der Waals surface area (Å²) in [5.41, 5.74) is 2.47. The minimum absolute atomic E-state index is 0.101. The van der Waals surface area contributed by atoms with Gasteiger partial charge in [0.25, 0.3) is 0 Å². The average Bonchev–Trinajstić information content (AvgIpc) is 3.17. The Balaban J connectivity index is 1.20. The minimum Gasteiger partial charge on any atom is -0.468 e. The van der Waals surface area contributed by atoms with E-state index in [1.807, 2.05) is 30.8 Å². The van der Waals surface area contributed by atoms with E-state index in [9.17, 15) is 0 Å². The summed E-state index contributed by atoms with van der Waals surface area (Å²) in [4.78, 5) is 4.81. The number of aryl methyl sites for hydroxylation is 2. The van der Waals surface area contributed by atoms with Crippen molar-refractivity contribution in [1.82, 2.24) is 19.6 Å². The fourth-order valence-electron chi connectivity index (χ4n) is 4.41. The first kappa shape index (κ1) is 17.8. The van der Waals surface area contributed by atoms with Crippen LogP contribution in [0, 0.1) is 12.8 Å². The highest BCUT2D eigenvalue weighted by Crippen LogP contribution is 2.36. The molecule has 4 rings (SSSR count). The smallest absolute Gasteiger partial charge is 0.117 e. The van der Waals surface area contributed by atoms with E-state index in [4.69, 9.17) is 9.15 Å². The summed E-state index contributed by atoms with van der Waals surface area (Å²) >= 11 is 0. The van der Waals surface area contributed by atoms with Gasteiger partial charge in [0.2, 0.25) is 0 Å². The number of nitrogens with zero attached hydrogens (tertiary/aromatic N) is 4. The first-order valence-corrected chi connectivity index (χ1v) is 9.58. The van der Waals surface area contributed by atoms with Crippen LogP contribution in [0.3, 0.4) is 0 Å². The van der Waals surface area contributed by atoms with E-state index in [-0.39, 0.29) is 5.60 Å². The summed E-state index contributed by atoms with van der Waals surface area (Å²) in [6, 6.07) is 6.17. The molecule has 0 amide bonds. The van der Waals surface area contributed by atoms with Gasteiger partial charge in [0, 0.05) is 33.2 Å². The van der Waals surface area contributed by atoms with Gasteiger partial charge in [-0.15, -0.1) is 0 Å². The Morgan fingerprint density at radius 1 is 1.38 bits per heavy atom. The van der Waals surface area contributed by atoms with Crippen LogP contribution in [0.4, 0.5) is 0 Å². The largest absolute Gasteiger partial charge is 0.468 e. The van der Waals surface area contributed by atoms with E-state index in [0.717, 1.165) is 50.8 Å². The molecule has 1 spiro atoms. The highest BCUT2D eigenvalue weighted by atomic mass is 16.5. The second-order valence-electron chi connectivity index (χ2n) is 8.22. The van der Waals surface area contributed by atoms with Gasteiger partial charge in [0.05, 0.1) is 36.4 Å². The third-order valence-corrected chi connectivity index (χ3v) is 5.72. The van der Waals surface area contributed by atoms with Crippen LogP contribution in [0.5, 0.6) is 0 Å². The first-order chi connectivity index (χ1) is 12.5. The van der Waals surface area contributed by atoms with Crippen molar-refractivity contribution in [2.45, 2.75) is 38.5 Å². The van der Waals surface area contributed by atoms with Gasteiger partial charge in [-0.1, -0.05) is 0 Å². The van der Waals surface area contributed by atoms with E-state index in [0.29, 0.717) is 5.92 Å². The number of aromatic nitrogens is 2. The number of hydrogen-bond acceptors (Lipinski definition) is 5. The van der Waals surface area contributed by atoms with Gasteiger partial charge in [-0.3, -0.25) is 14.5 Å². The molecule has 1 atom stereocenters. The van der Waals surface area contributed by atoms with Crippen LogP contribution in [-0.2, 0) is 24.9 Å². The molecule has 0 radical (unpaired) electrons.